The molecule has 1 saturated carbocycles. The third kappa shape index (κ3) is 3.37. The van der Waals surface area contributed by atoms with Crippen LogP contribution >= 0.6 is 0 Å². The van der Waals surface area contributed by atoms with Gasteiger partial charge in [-0.1, -0.05) is 0 Å². The van der Waals surface area contributed by atoms with E-state index in [0.29, 0.717) is 5.65 Å². The number of fused-ring (bicyclic) bond motifs is 2. The molecule has 1 fully saturated rings. The van der Waals surface area contributed by atoms with Gasteiger partial charge in [-0.25, -0.2) is 9.50 Å². The Morgan fingerprint density at radius 2 is 1.76 bits per heavy atom. The number of alkyl halides is 2. The number of hydrogen-bond acceptors (Lipinski definition) is 6. The number of pyridine rings is 2. The Labute approximate surface area is 185 Å². The Morgan fingerprint density at radius 1 is 0.970 bits per heavy atom. The monoisotopic (exact) mass is 446 g/mol. The first-order valence-corrected chi connectivity index (χ1v) is 10.3. The summed E-state index contributed by atoms with van der Waals surface area (Å²) >= 11 is 0. The molecule has 1 aliphatic carbocycles. The molecule has 9 nitrogen and oxygen atoms in total. The topological polar surface area (TPSA) is 102 Å². The average molecular weight is 446 g/mol. The van der Waals surface area contributed by atoms with Crippen LogP contribution in [0.5, 0.6) is 0 Å². The lowest BCUT2D eigenvalue weighted by molar-refractivity contribution is -0.117. The van der Waals surface area contributed by atoms with Gasteiger partial charge in [0.15, 0.2) is 17.1 Å². The first-order valence-electron chi connectivity index (χ1n) is 10.3. The van der Waals surface area contributed by atoms with E-state index < -0.39 is 17.4 Å². The Hall–Kier alpha value is -4.28. The summed E-state index contributed by atoms with van der Waals surface area (Å²) in [6.45, 7) is 0. The standard InChI is InChI=1S/C22H16F2N8O/c23-22(24,16-4-6-18-26-17(12-32(18)30-16)27-20(33)14-1-2-14)21-29-28-19-5-3-15(11-31(19)21)13-7-9-25-10-8-13/h3-12,14H,1-2H2,(H,27,33). The molecule has 0 aromatic carbocycles. The smallest absolute Gasteiger partial charge is 0.309 e. The van der Waals surface area contributed by atoms with Gasteiger partial charge < -0.3 is 5.32 Å². The van der Waals surface area contributed by atoms with E-state index >= 15 is 8.78 Å². The zero-order valence-corrected chi connectivity index (χ0v) is 17.1. The zero-order valence-electron chi connectivity index (χ0n) is 17.1. The molecule has 0 spiro atoms. The summed E-state index contributed by atoms with van der Waals surface area (Å²) in [7, 11) is 0. The molecule has 0 radical (unpaired) electrons. The van der Waals surface area contributed by atoms with Crippen molar-refractivity contribution in [3.05, 3.63) is 72.7 Å². The molecule has 5 aromatic rings. The maximum Gasteiger partial charge on any atom is 0.350 e. The van der Waals surface area contributed by atoms with E-state index in [0.717, 1.165) is 24.0 Å². The Balaban J connectivity index is 1.38. The van der Waals surface area contributed by atoms with Crippen LogP contribution in [-0.2, 0) is 10.7 Å². The van der Waals surface area contributed by atoms with Crippen LogP contribution in [0.1, 0.15) is 24.4 Å². The molecule has 5 heterocycles. The lowest BCUT2D eigenvalue weighted by Crippen LogP contribution is -2.22. The average Bonchev–Trinajstić information content (AvgIpc) is 3.47. The van der Waals surface area contributed by atoms with Gasteiger partial charge >= 0.3 is 5.92 Å². The van der Waals surface area contributed by atoms with E-state index in [-0.39, 0.29) is 23.3 Å². The minimum Gasteiger partial charge on any atom is -0.309 e. The summed E-state index contributed by atoms with van der Waals surface area (Å²) in [5, 5.41) is 14.4. The second kappa shape index (κ2) is 7.12. The highest BCUT2D eigenvalue weighted by atomic mass is 19.3. The van der Waals surface area contributed by atoms with Crippen LogP contribution in [0.4, 0.5) is 14.6 Å². The van der Waals surface area contributed by atoms with Crippen LogP contribution in [0.25, 0.3) is 22.4 Å². The van der Waals surface area contributed by atoms with Crippen molar-refractivity contribution >= 4 is 23.0 Å². The Bertz CT molecular complexity index is 1510. The zero-order chi connectivity index (χ0) is 22.6. The van der Waals surface area contributed by atoms with E-state index in [1.165, 1.54) is 27.2 Å². The molecule has 164 valence electrons. The molecular formula is C22H16F2N8O. The Kier molecular flexibility index (Phi) is 4.19. The van der Waals surface area contributed by atoms with Crippen molar-refractivity contribution in [2.45, 2.75) is 18.8 Å². The van der Waals surface area contributed by atoms with E-state index in [1.54, 1.807) is 42.9 Å². The number of hydrogen-bond donors (Lipinski definition) is 1. The van der Waals surface area contributed by atoms with Crippen molar-refractivity contribution in [1.82, 2.24) is 34.2 Å². The van der Waals surface area contributed by atoms with Gasteiger partial charge in [-0.15, -0.1) is 10.2 Å². The van der Waals surface area contributed by atoms with Crippen molar-refractivity contribution in [3.8, 4) is 11.1 Å². The number of nitrogens with zero attached hydrogens (tertiary/aromatic N) is 7. The fourth-order valence-corrected chi connectivity index (χ4v) is 3.62. The SMILES string of the molecule is O=C(Nc1cn2nc(C(F)(F)c3nnc4ccc(-c5ccncc5)cn34)ccc2n1)C1CC1. The van der Waals surface area contributed by atoms with Crippen LogP contribution in [0.15, 0.2) is 61.2 Å². The minimum absolute atomic E-state index is 0.000858. The molecule has 6 rings (SSSR count). The van der Waals surface area contributed by atoms with Crippen LogP contribution in [-0.4, -0.2) is 40.1 Å². The van der Waals surface area contributed by atoms with Gasteiger partial charge in [0, 0.05) is 24.5 Å². The predicted molar refractivity (Wildman–Crippen MR) is 114 cm³/mol. The first kappa shape index (κ1) is 19.4. The molecule has 1 N–H and O–H groups in total. The van der Waals surface area contributed by atoms with Gasteiger partial charge in [-0.05, 0) is 60.4 Å². The number of imidazole rings is 1. The summed E-state index contributed by atoms with van der Waals surface area (Å²) in [5.74, 6) is -3.94. The van der Waals surface area contributed by atoms with Crippen molar-refractivity contribution < 1.29 is 13.6 Å². The van der Waals surface area contributed by atoms with Gasteiger partial charge in [0.05, 0.1) is 6.20 Å². The van der Waals surface area contributed by atoms with Gasteiger partial charge in [0.25, 0.3) is 0 Å². The molecule has 0 saturated heterocycles. The quantitative estimate of drug-likeness (QED) is 0.444. The highest BCUT2D eigenvalue weighted by Crippen LogP contribution is 2.34. The predicted octanol–water partition coefficient (Wildman–Crippen LogP) is 3.32. The molecule has 0 atom stereocenters. The van der Waals surface area contributed by atoms with Gasteiger partial charge in [0.2, 0.25) is 11.7 Å². The third-order valence-electron chi connectivity index (χ3n) is 5.54. The Morgan fingerprint density at radius 3 is 2.55 bits per heavy atom. The minimum atomic E-state index is -3.54. The number of carbonyl (C=O) groups excluding carboxylic acids is 1. The number of halogens is 2. The number of nitrogens with one attached hydrogen (secondary N) is 1. The lowest BCUT2D eigenvalue weighted by atomic mass is 10.1. The highest BCUT2D eigenvalue weighted by molar-refractivity contribution is 5.93. The molecule has 5 aromatic heterocycles. The van der Waals surface area contributed by atoms with Gasteiger partial charge in [-0.2, -0.15) is 13.9 Å². The van der Waals surface area contributed by atoms with Crippen molar-refractivity contribution in [2.75, 3.05) is 5.32 Å². The van der Waals surface area contributed by atoms with E-state index in [4.69, 9.17) is 0 Å². The highest BCUT2D eigenvalue weighted by Gasteiger charge is 2.41. The van der Waals surface area contributed by atoms with E-state index in [9.17, 15) is 4.79 Å². The van der Waals surface area contributed by atoms with Gasteiger partial charge in [-0.3, -0.25) is 14.2 Å². The lowest BCUT2D eigenvalue weighted by Gasteiger charge is -2.14. The maximum atomic E-state index is 15.5. The first-order chi connectivity index (χ1) is 16.0. The summed E-state index contributed by atoms with van der Waals surface area (Å²) < 4.78 is 33.6. The van der Waals surface area contributed by atoms with Crippen molar-refractivity contribution in [2.24, 2.45) is 5.92 Å². The molecular weight excluding hydrogens is 430 g/mol. The largest absolute Gasteiger partial charge is 0.350 e. The number of rotatable bonds is 5. The fraction of sp³-hybridized carbons (Fsp3) is 0.182. The molecule has 11 heteroatoms. The van der Waals surface area contributed by atoms with Crippen LogP contribution in [0.3, 0.4) is 0 Å². The maximum absolute atomic E-state index is 15.5. The van der Waals surface area contributed by atoms with E-state index in [1.807, 2.05) is 0 Å². The summed E-state index contributed by atoms with van der Waals surface area (Å²) in [4.78, 5) is 20.2. The molecule has 0 bridgehead atoms. The van der Waals surface area contributed by atoms with Crippen LogP contribution < -0.4 is 5.32 Å². The van der Waals surface area contributed by atoms with Crippen molar-refractivity contribution in [1.29, 1.82) is 0 Å². The molecule has 1 aliphatic rings. The van der Waals surface area contributed by atoms with Crippen LogP contribution in [0, 0.1) is 5.92 Å². The molecule has 0 aliphatic heterocycles. The van der Waals surface area contributed by atoms with Crippen molar-refractivity contribution in [3.63, 3.8) is 0 Å². The number of aromatic nitrogens is 7. The summed E-state index contributed by atoms with van der Waals surface area (Å²) in [5.41, 5.74) is 1.66. The van der Waals surface area contributed by atoms with Gasteiger partial charge in [0.1, 0.15) is 5.69 Å². The summed E-state index contributed by atoms with van der Waals surface area (Å²) in [6, 6.07) is 9.62. The molecule has 0 unspecified atom stereocenters. The second-order valence-corrected chi connectivity index (χ2v) is 7.89. The normalized spacial score (nSPS) is 14.1. The number of carbonyl (C=O) groups is 1. The molecule has 1 amide bonds. The number of amides is 1. The molecule has 33 heavy (non-hydrogen) atoms. The number of anilines is 1. The van der Waals surface area contributed by atoms with E-state index in [2.05, 4.69) is 30.6 Å². The van der Waals surface area contributed by atoms with Crippen LogP contribution in [0.2, 0.25) is 0 Å². The second-order valence-electron chi connectivity index (χ2n) is 7.89. The summed E-state index contributed by atoms with van der Waals surface area (Å²) in [6.07, 6.45) is 7.94. The fourth-order valence-electron chi connectivity index (χ4n) is 3.62. The third-order valence-corrected chi connectivity index (χ3v) is 5.54.